The molecule has 3 heterocycles. The van der Waals surface area contributed by atoms with Crippen molar-refractivity contribution in [2.24, 2.45) is 0 Å². The molecule has 0 saturated carbocycles. The second-order valence-corrected chi connectivity index (χ2v) is 11.6. The van der Waals surface area contributed by atoms with Crippen LogP contribution in [0.1, 0.15) is 5.56 Å². The van der Waals surface area contributed by atoms with Gasteiger partial charge in [-0.3, -0.25) is 4.98 Å². The van der Waals surface area contributed by atoms with E-state index in [0.717, 1.165) is 55.7 Å². The minimum atomic E-state index is 0.650. The van der Waals surface area contributed by atoms with E-state index in [1.165, 1.54) is 21.5 Å². The van der Waals surface area contributed by atoms with Gasteiger partial charge >= 0.3 is 0 Å². The average molecular weight is 587 g/mol. The summed E-state index contributed by atoms with van der Waals surface area (Å²) < 4.78 is 4.72. The first-order chi connectivity index (χ1) is 22.8. The lowest BCUT2D eigenvalue weighted by atomic mass is 9.93. The van der Waals surface area contributed by atoms with Gasteiger partial charge in [0.15, 0.2) is 0 Å². The van der Waals surface area contributed by atoms with E-state index in [2.05, 4.69) is 142 Å². The lowest BCUT2D eigenvalue weighted by Crippen LogP contribution is -2.00. The lowest BCUT2D eigenvalue weighted by molar-refractivity contribution is 1.13. The highest BCUT2D eigenvalue weighted by atomic mass is 15.0. The summed E-state index contributed by atoms with van der Waals surface area (Å²) in [6, 6.07) is 53.4. The highest BCUT2D eigenvalue weighted by Crippen LogP contribution is 2.39. The summed E-state index contributed by atoms with van der Waals surface area (Å²) in [5.74, 6) is 0. The molecule has 3 aromatic heterocycles. The molecule has 0 aliphatic carbocycles. The molecule has 0 amide bonds. The summed E-state index contributed by atoms with van der Waals surface area (Å²) in [7, 11) is 0. The first-order valence-electron chi connectivity index (χ1n) is 15.4. The normalized spacial score (nSPS) is 11.5. The van der Waals surface area contributed by atoms with Crippen LogP contribution in [-0.2, 0) is 0 Å². The van der Waals surface area contributed by atoms with Gasteiger partial charge in [0, 0.05) is 39.1 Å². The van der Waals surface area contributed by atoms with Crippen molar-refractivity contribution in [2.45, 2.75) is 0 Å². The standard InChI is InChI=1S/C42H26N4/c43-26-28-17-19-29(20-18-28)33-9-1-2-10-34(33)30-23-31(45-39-14-6-3-11-35(39)36-12-4-7-15-40(36)45)25-32(24-30)46-41-16-8-5-13-37(41)38-21-22-44-27-42(38)46/h1-25,27H. The Balaban J connectivity index is 1.39. The van der Waals surface area contributed by atoms with Crippen LogP contribution >= 0.6 is 0 Å². The first kappa shape index (κ1) is 26.0. The zero-order valence-corrected chi connectivity index (χ0v) is 24.8. The molecule has 46 heavy (non-hydrogen) atoms. The van der Waals surface area contributed by atoms with Gasteiger partial charge in [-0.1, -0.05) is 91.0 Å². The average Bonchev–Trinajstić information content (AvgIpc) is 3.65. The molecule has 4 nitrogen and oxygen atoms in total. The van der Waals surface area contributed by atoms with Crippen LogP contribution in [0.5, 0.6) is 0 Å². The van der Waals surface area contributed by atoms with Gasteiger partial charge in [0.2, 0.25) is 0 Å². The van der Waals surface area contributed by atoms with E-state index in [0.29, 0.717) is 5.56 Å². The molecule has 0 unspecified atom stereocenters. The van der Waals surface area contributed by atoms with Crippen molar-refractivity contribution >= 4 is 43.6 Å². The highest BCUT2D eigenvalue weighted by Gasteiger charge is 2.18. The Labute approximate surface area is 265 Å². The van der Waals surface area contributed by atoms with Gasteiger partial charge in [-0.25, -0.2) is 0 Å². The summed E-state index contributed by atoms with van der Waals surface area (Å²) >= 11 is 0. The number of nitriles is 1. The quantitative estimate of drug-likeness (QED) is 0.206. The molecule has 214 valence electrons. The molecule has 0 aliphatic heterocycles. The predicted molar refractivity (Wildman–Crippen MR) is 189 cm³/mol. The van der Waals surface area contributed by atoms with Crippen molar-refractivity contribution in [3.05, 3.63) is 164 Å². The molecule has 6 aromatic carbocycles. The molecule has 4 heteroatoms. The molecule has 0 N–H and O–H groups in total. The SMILES string of the molecule is N#Cc1ccc(-c2ccccc2-c2cc(-n3c4ccccc4c4ccccc43)cc(-n3c4ccccc4c4ccncc43)c2)cc1. The van der Waals surface area contributed by atoms with Gasteiger partial charge in [0.05, 0.1) is 39.9 Å². The van der Waals surface area contributed by atoms with Crippen LogP contribution in [0.2, 0.25) is 0 Å². The van der Waals surface area contributed by atoms with E-state index in [9.17, 15) is 5.26 Å². The number of para-hydroxylation sites is 3. The van der Waals surface area contributed by atoms with Gasteiger partial charge < -0.3 is 9.13 Å². The van der Waals surface area contributed by atoms with Gasteiger partial charge in [0.25, 0.3) is 0 Å². The second kappa shape index (κ2) is 10.3. The Kier molecular flexibility index (Phi) is 5.84. The Bertz CT molecular complexity index is 2410. The van der Waals surface area contributed by atoms with Gasteiger partial charge in [-0.05, 0) is 76.9 Å². The third-order valence-electron chi connectivity index (χ3n) is 9.04. The fraction of sp³-hybridized carbons (Fsp3) is 0. The van der Waals surface area contributed by atoms with E-state index in [4.69, 9.17) is 0 Å². The number of rotatable bonds is 4. The fourth-order valence-electron chi connectivity index (χ4n) is 7.02. The van der Waals surface area contributed by atoms with Crippen LogP contribution in [0.4, 0.5) is 0 Å². The van der Waals surface area contributed by atoms with Gasteiger partial charge in [-0.2, -0.15) is 5.26 Å². The third kappa shape index (κ3) is 3.96. The number of fused-ring (bicyclic) bond motifs is 6. The van der Waals surface area contributed by atoms with E-state index in [1.807, 2.05) is 36.7 Å². The molecule has 9 rings (SSSR count). The molecule has 0 aliphatic rings. The summed E-state index contributed by atoms with van der Waals surface area (Å²) in [5, 5.41) is 14.2. The van der Waals surface area contributed by atoms with E-state index >= 15 is 0 Å². The van der Waals surface area contributed by atoms with Crippen molar-refractivity contribution in [3.63, 3.8) is 0 Å². The molecule has 0 spiro atoms. The largest absolute Gasteiger partial charge is 0.309 e. The monoisotopic (exact) mass is 586 g/mol. The summed E-state index contributed by atoms with van der Waals surface area (Å²) in [6.07, 6.45) is 3.83. The van der Waals surface area contributed by atoms with Crippen LogP contribution in [0.25, 0.3) is 77.2 Å². The van der Waals surface area contributed by atoms with Crippen LogP contribution in [0.15, 0.2) is 158 Å². The van der Waals surface area contributed by atoms with Crippen LogP contribution < -0.4 is 0 Å². The fourth-order valence-corrected chi connectivity index (χ4v) is 7.02. The minimum Gasteiger partial charge on any atom is -0.309 e. The molecular weight excluding hydrogens is 560 g/mol. The minimum absolute atomic E-state index is 0.650. The molecular formula is C42H26N4. The summed E-state index contributed by atoms with van der Waals surface area (Å²) in [4.78, 5) is 4.55. The maximum absolute atomic E-state index is 9.42. The Morgan fingerprint density at radius 3 is 1.50 bits per heavy atom. The topological polar surface area (TPSA) is 46.5 Å². The Morgan fingerprint density at radius 2 is 0.935 bits per heavy atom. The van der Waals surface area contributed by atoms with E-state index in [1.54, 1.807) is 0 Å². The van der Waals surface area contributed by atoms with Crippen molar-refractivity contribution in [1.82, 2.24) is 14.1 Å². The maximum Gasteiger partial charge on any atom is 0.0991 e. The summed E-state index contributed by atoms with van der Waals surface area (Å²) in [6.45, 7) is 0. The van der Waals surface area contributed by atoms with Crippen molar-refractivity contribution < 1.29 is 0 Å². The Hall–Kier alpha value is -6.44. The molecule has 9 aromatic rings. The van der Waals surface area contributed by atoms with Crippen LogP contribution in [0.3, 0.4) is 0 Å². The maximum atomic E-state index is 9.42. The van der Waals surface area contributed by atoms with Crippen molar-refractivity contribution in [3.8, 4) is 39.7 Å². The predicted octanol–water partition coefficient (Wildman–Crippen LogP) is 10.5. The summed E-state index contributed by atoms with van der Waals surface area (Å²) in [5.41, 5.74) is 11.7. The number of hydrogen-bond acceptors (Lipinski definition) is 2. The van der Waals surface area contributed by atoms with Crippen LogP contribution in [-0.4, -0.2) is 14.1 Å². The zero-order chi connectivity index (χ0) is 30.6. The number of hydrogen-bond donors (Lipinski definition) is 0. The zero-order valence-electron chi connectivity index (χ0n) is 24.8. The smallest absolute Gasteiger partial charge is 0.0991 e. The molecule has 0 bridgehead atoms. The van der Waals surface area contributed by atoms with Gasteiger partial charge in [-0.15, -0.1) is 0 Å². The molecule has 0 saturated heterocycles. The highest BCUT2D eigenvalue weighted by molar-refractivity contribution is 6.10. The number of nitrogens with zero attached hydrogens (tertiary/aromatic N) is 4. The third-order valence-corrected chi connectivity index (χ3v) is 9.04. The number of aromatic nitrogens is 3. The van der Waals surface area contributed by atoms with Crippen LogP contribution in [0, 0.1) is 11.3 Å². The van der Waals surface area contributed by atoms with Crippen molar-refractivity contribution in [2.75, 3.05) is 0 Å². The number of pyridine rings is 1. The molecule has 0 radical (unpaired) electrons. The van der Waals surface area contributed by atoms with E-state index < -0.39 is 0 Å². The Morgan fingerprint density at radius 1 is 0.457 bits per heavy atom. The molecule has 0 fully saturated rings. The number of benzene rings is 6. The van der Waals surface area contributed by atoms with E-state index in [-0.39, 0.29) is 0 Å². The first-order valence-corrected chi connectivity index (χ1v) is 15.4. The molecule has 0 atom stereocenters. The van der Waals surface area contributed by atoms with Gasteiger partial charge in [0.1, 0.15) is 0 Å². The lowest BCUT2D eigenvalue weighted by Gasteiger charge is -2.17. The van der Waals surface area contributed by atoms with Crippen molar-refractivity contribution in [1.29, 1.82) is 5.26 Å². The second-order valence-electron chi connectivity index (χ2n) is 11.6.